The first-order valence-corrected chi connectivity index (χ1v) is 11.5. The molecule has 2 aromatic heterocycles. The predicted octanol–water partition coefficient (Wildman–Crippen LogP) is 3.89. The van der Waals surface area contributed by atoms with E-state index < -0.39 is 0 Å². The van der Waals surface area contributed by atoms with E-state index in [4.69, 9.17) is 4.98 Å². The van der Waals surface area contributed by atoms with Crippen molar-refractivity contribution in [2.45, 2.75) is 38.5 Å². The Hall–Kier alpha value is -3.39. The number of rotatable bonds is 8. The first-order chi connectivity index (χ1) is 15.6. The highest BCUT2D eigenvalue weighted by Gasteiger charge is 2.19. The van der Waals surface area contributed by atoms with Crippen LogP contribution in [0.2, 0.25) is 0 Å². The molecule has 0 radical (unpaired) electrons. The molecule has 4 rings (SSSR count). The van der Waals surface area contributed by atoms with Crippen molar-refractivity contribution in [3.8, 4) is 0 Å². The van der Waals surface area contributed by atoms with Crippen molar-refractivity contribution in [2.24, 2.45) is 0 Å². The van der Waals surface area contributed by atoms with Gasteiger partial charge in [0.2, 0.25) is 5.91 Å². The quantitative estimate of drug-likeness (QED) is 0.327. The number of hydrogen-bond donors (Lipinski definition) is 1. The molecule has 1 N–H and O–H groups in total. The molecule has 0 aliphatic carbocycles. The lowest BCUT2D eigenvalue weighted by atomic mass is 10.1. The molecule has 4 aromatic rings. The summed E-state index contributed by atoms with van der Waals surface area (Å²) in [7, 11) is 0. The largest absolute Gasteiger partial charge is 0.325 e. The fourth-order valence-electron chi connectivity index (χ4n) is 3.56. The minimum atomic E-state index is -0.147. The minimum Gasteiger partial charge on any atom is -0.325 e. The average Bonchev–Trinajstić information content (AvgIpc) is 3.14. The van der Waals surface area contributed by atoms with Gasteiger partial charge in [0, 0.05) is 18.8 Å². The summed E-state index contributed by atoms with van der Waals surface area (Å²) in [5.74, 6) is 0.00482. The fraction of sp³-hybridized carbons (Fsp3) is 0.250. The number of aryl methyl sites for hydroxylation is 3. The molecule has 0 spiro atoms. The monoisotopic (exact) mass is 447 g/mol. The molecule has 164 valence electrons. The van der Waals surface area contributed by atoms with Gasteiger partial charge in [0.25, 0.3) is 5.56 Å². The summed E-state index contributed by atoms with van der Waals surface area (Å²) in [6.07, 6.45) is 0.691. The van der Waals surface area contributed by atoms with Crippen molar-refractivity contribution < 1.29 is 4.79 Å². The van der Waals surface area contributed by atoms with Crippen molar-refractivity contribution in [3.05, 3.63) is 82.3 Å². The second-order valence-electron chi connectivity index (χ2n) is 7.39. The lowest BCUT2D eigenvalue weighted by Crippen LogP contribution is -2.26. The third-order valence-corrected chi connectivity index (χ3v) is 6.11. The van der Waals surface area contributed by atoms with Crippen LogP contribution < -0.4 is 10.9 Å². The lowest BCUT2D eigenvalue weighted by Gasteiger charge is -2.13. The summed E-state index contributed by atoms with van der Waals surface area (Å²) in [5.41, 5.74) is 3.57. The number of nitrogens with one attached hydrogen (secondary N) is 1. The predicted molar refractivity (Wildman–Crippen MR) is 128 cm³/mol. The van der Waals surface area contributed by atoms with Crippen LogP contribution in [0.15, 0.2) is 70.6 Å². The van der Waals surface area contributed by atoms with E-state index in [0.29, 0.717) is 41.4 Å². The van der Waals surface area contributed by atoms with Crippen LogP contribution in [0.25, 0.3) is 11.0 Å². The van der Waals surface area contributed by atoms with E-state index in [1.165, 1.54) is 11.8 Å². The van der Waals surface area contributed by atoms with Crippen LogP contribution in [0.3, 0.4) is 0 Å². The van der Waals surface area contributed by atoms with Gasteiger partial charge in [-0.3, -0.25) is 18.8 Å². The zero-order valence-corrected chi connectivity index (χ0v) is 18.9. The topological polar surface area (TPSA) is 81.8 Å². The van der Waals surface area contributed by atoms with Gasteiger partial charge in [-0.1, -0.05) is 60.3 Å². The molecule has 0 saturated carbocycles. The molecule has 0 bridgehead atoms. The highest BCUT2D eigenvalue weighted by Crippen LogP contribution is 2.21. The van der Waals surface area contributed by atoms with E-state index in [2.05, 4.69) is 10.4 Å². The number of aromatic nitrogens is 4. The lowest BCUT2D eigenvalue weighted by molar-refractivity contribution is -0.113. The van der Waals surface area contributed by atoms with E-state index >= 15 is 0 Å². The third kappa shape index (κ3) is 4.75. The normalized spacial score (nSPS) is 11.1. The van der Waals surface area contributed by atoms with Crippen LogP contribution in [0, 0.1) is 6.92 Å². The molecule has 0 aliphatic heterocycles. The van der Waals surface area contributed by atoms with Gasteiger partial charge in [-0.05, 0) is 38.0 Å². The number of benzene rings is 2. The fourth-order valence-corrected chi connectivity index (χ4v) is 4.38. The Balaban J connectivity index is 1.63. The molecule has 0 unspecified atom stereocenters. The summed E-state index contributed by atoms with van der Waals surface area (Å²) in [4.78, 5) is 30.7. The molecular weight excluding hydrogens is 422 g/mol. The number of carbonyl (C=O) groups excluding carboxylic acids is 1. The second kappa shape index (κ2) is 9.82. The van der Waals surface area contributed by atoms with Gasteiger partial charge in [0.1, 0.15) is 5.52 Å². The van der Waals surface area contributed by atoms with Gasteiger partial charge >= 0.3 is 0 Å². The summed E-state index contributed by atoms with van der Waals surface area (Å²) in [5, 5.41) is 7.88. The molecule has 2 aromatic carbocycles. The van der Waals surface area contributed by atoms with Gasteiger partial charge in [-0.15, -0.1) is 0 Å². The molecule has 1 amide bonds. The van der Waals surface area contributed by atoms with Crippen LogP contribution in [-0.2, 0) is 24.3 Å². The van der Waals surface area contributed by atoms with Crippen molar-refractivity contribution in [1.29, 1.82) is 0 Å². The molecule has 0 saturated heterocycles. The zero-order chi connectivity index (χ0) is 22.5. The smallest absolute Gasteiger partial charge is 0.280 e. The van der Waals surface area contributed by atoms with E-state index in [-0.39, 0.29) is 17.2 Å². The molecule has 0 fully saturated rings. The summed E-state index contributed by atoms with van der Waals surface area (Å²) < 4.78 is 3.37. The summed E-state index contributed by atoms with van der Waals surface area (Å²) in [6.45, 7) is 4.87. The molecular formula is C24H25N5O2S. The molecule has 0 aliphatic rings. The molecule has 32 heavy (non-hydrogen) atoms. The second-order valence-corrected chi connectivity index (χ2v) is 8.33. The maximum Gasteiger partial charge on any atom is 0.280 e. The molecule has 2 heterocycles. The van der Waals surface area contributed by atoms with Crippen LogP contribution in [-0.4, -0.2) is 31.0 Å². The first kappa shape index (κ1) is 21.8. The van der Waals surface area contributed by atoms with Crippen LogP contribution in [0.4, 0.5) is 5.69 Å². The molecule has 7 nitrogen and oxygen atoms in total. The number of amides is 1. The highest BCUT2D eigenvalue weighted by molar-refractivity contribution is 7.99. The number of carbonyl (C=O) groups is 1. The summed E-state index contributed by atoms with van der Waals surface area (Å²) >= 11 is 1.27. The standard InChI is InChI=1S/C24H25N5O2S/c1-3-29-22-21(17(2)27-29)26-24(32-16-20(30)25-19-12-8-5-9-13-19)28(23(22)31)15-14-18-10-6-4-7-11-18/h4-13H,3,14-16H2,1-2H3,(H,25,30). The number of thioether (sulfide) groups is 1. The van der Waals surface area contributed by atoms with Gasteiger partial charge in [0.05, 0.1) is 11.4 Å². The molecule has 8 heteroatoms. The minimum absolute atomic E-state index is 0.126. The maximum absolute atomic E-state index is 13.4. The van der Waals surface area contributed by atoms with Gasteiger partial charge in [-0.2, -0.15) is 5.10 Å². The zero-order valence-electron chi connectivity index (χ0n) is 18.1. The number of hydrogen-bond acceptors (Lipinski definition) is 5. The number of fused-ring (bicyclic) bond motifs is 1. The van der Waals surface area contributed by atoms with Crippen molar-refractivity contribution >= 4 is 34.4 Å². The van der Waals surface area contributed by atoms with E-state index in [1.807, 2.05) is 74.5 Å². The number of para-hydroxylation sites is 1. The Labute approximate surface area is 190 Å². The third-order valence-electron chi connectivity index (χ3n) is 5.14. The Kier molecular flexibility index (Phi) is 6.70. The van der Waals surface area contributed by atoms with Gasteiger partial charge in [-0.25, -0.2) is 4.98 Å². The van der Waals surface area contributed by atoms with Crippen molar-refractivity contribution in [3.63, 3.8) is 0 Å². The van der Waals surface area contributed by atoms with Crippen LogP contribution in [0.1, 0.15) is 18.2 Å². The number of nitrogens with zero attached hydrogens (tertiary/aromatic N) is 4. The van der Waals surface area contributed by atoms with Crippen molar-refractivity contribution in [2.75, 3.05) is 11.1 Å². The van der Waals surface area contributed by atoms with Crippen LogP contribution >= 0.6 is 11.8 Å². The average molecular weight is 448 g/mol. The SMILES string of the molecule is CCn1nc(C)c2nc(SCC(=O)Nc3ccccc3)n(CCc3ccccc3)c(=O)c21. The Morgan fingerprint density at radius 3 is 2.44 bits per heavy atom. The molecule has 0 atom stereocenters. The van der Waals surface area contributed by atoms with Crippen molar-refractivity contribution in [1.82, 2.24) is 19.3 Å². The summed E-state index contributed by atoms with van der Waals surface area (Å²) in [6, 6.07) is 19.3. The van der Waals surface area contributed by atoms with Gasteiger partial charge < -0.3 is 5.32 Å². The maximum atomic E-state index is 13.4. The Morgan fingerprint density at radius 1 is 1.06 bits per heavy atom. The number of anilines is 1. The van der Waals surface area contributed by atoms with E-state index in [1.54, 1.807) is 9.25 Å². The first-order valence-electron chi connectivity index (χ1n) is 10.6. The Morgan fingerprint density at radius 2 is 1.75 bits per heavy atom. The van der Waals surface area contributed by atoms with E-state index in [9.17, 15) is 9.59 Å². The highest BCUT2D eigenvalue weighted by atomic mass is 32.2. The Bertz CT molecular complexity index is 1280. The van der Waals surface area contributed by atoms with E-state index in [0.717, 1.165) is 11.3 Å². The van der Waals surface area contributed by atoms with Crippen LogP contribution in [0.5, 0.6) is 0 Å². The van der Waals surface area contributed by atoms with Gasteiger partial charge in [0.15, 0.2) is 10.7 Å².